The standard InChI is InChI=1S/C11H8N2O3.C11H10N2O.C6H4ClNO2.C5H5NO.CH4.Cu.K/c14-13(15)9-3-5-10(6-4-9)16-11-2-1-7-12-8-11;12-9-1-3-10(4-2-9)14-11-5-7-13-8-6-11;7-5-1-3-6(4-2-5)8(9)10;7-5-2-1-3-6-4-5;;;/h1-8H;1-8H,12H2;1-4H;1-4,7H;1H4;;/q;;;;;;+1/p-1. The summed E-state index contributed by atoms with van der Waals surface area (Å²) in [5.74, 6) is 2.63. The van der Waals surface area contributed by atoms with E-state index in [1.165, 1.54) is 48.7 Å². The van der Waals surface area contributed by atoms with Crippen LogP contribution < -0.4 is 71.7 Å². The van der Waals surface area contributed by atoms with E-state index >= 15 is 0 Å². The molecule has 0 spiro atoms. The van der Waals surface area contributed by atoms with Crippen molar-refractivity contribution in [3.8, 4) is 28.7 Å². The summed E-state index contributed by atoms with van der Waals surface area (Å²) in [5.41, 5.74) is 6.38. The van der Waals surface area contributed by atoms with Gasteiger partial charge in [0.1, 0.15) is 23.0 Å². The summed E-state index contributed by atoms with van der Waals surface area (Å²) >= 11 is 5.49. The van der Waals surface area contributed by atoms with Crippen LogP contribution in [0.15, 0.2) is 146 Å². The normalized spacial score (nSPS) is 8.90. The maximum Gasteiger partial charge on any atom is 1.00 e. The number of non-ortho nitro benzene ring substituents is 2. The molecule has 0 aliphatic carbocycles. The number of nitro benzene ring substituents is 2. The van der Waals surface area contributed by atoms with Gasteiger partial charge in [0.15, 0.2) is 0 Å². The summed E-state index contributed by atoms with van der Waals surface area (Å²) in [5, 5.41) is 31.2. The van der Waals surface area contributed by atoms with Crippen LogP contribution >= 0.6 is 11.6 Å². The smallest absolute Gasteiger partial charge is 0.871 e. The Morgan fingerprint density at radius 1 is 0.580 bits per heavy atom. The predicted octanol–water partition coefficient (Wildman–Crippen LogP) is 5.28. The fraction of sp³-hybridized carbons (Fsp3) is 0.0294. The molecule has 16 heteroatoms. The Labute approximate surface area is 346 Å². The second kappa shape index (κ2) is 25.5. The molecular weight excluding hydrogens is 743 g/mol. The summed E-state index contributed by atoms with van der Waals surface area (Å²) in [6.45, 7) is 0. The molecule has 13 nitrogen and oxygen atoms in total. The second-order valence-corrected chi connectivity index (χ2v) is 9.25. The molecule has 6 rings (SSSR count). The number of ether oxygens (including phenoxy) is 2. The van der Waals surface area contributed by atoms with Gasteiger partial charge < -0.3 is 20.3 Å². The van der Waals surface area contributed by atoms with Crippen LogP contribution in [0.4, 0.5) is 17.1 Å². The molecule has 0 unspecified atom stereocenters. The van der Waals surface area contributed by atoms with Crippen molar-refractivity contribution < 1.29 is 92.9 Å². The van der Waals surface area contributed by atoms with Crippen LogP contribution in [0.5, 0.6) is 28.7 Å². The fourth-order valence-electron chi connectivity index (χ4n) is 3.17. The van der Waals surface area contributed by atoms with Crippen molar-refractivity contribution in [3.05, 3.63) is 172 Å². The minimum Gasteiger partial charge on any atom is -0.871 e. The first-order valence-electron chi connectivity index (χ1n) is 13.4. The van der Waals surface area contributed by atoms with Crippen molar-refractivity contribution in [2.24, 2.45) is 0 Å². The van der Waals surface area contributed by atoms with Crippen LogP contribution in [0.25, 0.3) is 0 Å². The van der Waals surface area contributed by atoms with Crippen LogP contribution in [0.2, 0.25) is 5.02 Å². The number of hydrogen-bond donors (Lipinski definition) is 1. The van der Waals surface area contributed by atoms with Crippen LogP contribution in [0.3, 0.4) is 0 Å². The van der Waals surface area contributed by atoms with Crippen molar-refractivity contribution in [1.82, 2.24) is 15.0 Å². The number of halogens is 1. The van der Waals surface area contributed by atoms with E-state index < -0.39 is 9.85 Å². The van der Waals surface area contributed by atoms with Gasteiger partial charge in [0.2, 0.25) is 0 Å². The third-order valence-corrected chi connectivity index (χ3v) is 5.61. The number of benzene rings is 3. The number of nitrogen functional groups attached to an aromatic ring is 1. The molecule has 0 bridgehead atoms. The zero-order valence-electron chi connectivity index (χ0n) is 25.7. The molecule has 0 amide bonds. The molecule has 0 saturated carbocycles. The first-order valence-corrected chi connectivity index (χ1v) is 13.8. The van der Waals surface area contributed by atoms with Crippen molar-refractivity contribution >= 4 is 28.7 Å². The van der Waals surface area contributed by atoms with E-state index in [0.717, 1.165) is 17.2 Å². The molecule has 0 aliphatic heterocycles. The molecule has 3 aromatic heterocycles. The van der Waals surface area contributed by atoms with Gasteiger partial charge in [-0.1, -0.05) is 30.8 Å². The van der Waals surface area contributed by atoms with Gasteiger partial charge in [0.05, 0.1) is 16.0 Å². The molecular formula is C34H30ClCuKN6O7. The number of nitro groups is 2. The van der Waals surface area contributed by atoms with Gasteiger partial charge >= 0.3 is 51.4 Å². The van der Waals surface area contributed by atoms with Crippen molar-refractivity contribution in [1.29, 1.82) is 0 Å². The van der Waals surface area contributed by atoms with Gasteiger partial charge in [-0.2, -0.15) is 0 Å². The van der Waals surface area contributed by atoms with Gasteiger partial charge in [-0.3, -0.25) is 35.2 Å². The Hall–Kier alpha value is -4.44. The van der Waals surface area contributed by atoms with E-state index in [9.17, 15) is 25.3 Å². The molecule has 3 heterocycles. The molecule has 6 aromatic rings. The first-order chi connectivity index (χ1) is 22.7. The third kappa shape index (κ3) is 18.4. The molecule has 1 radical (unpaired) electrons. The molecule has 0 aliphatic rings. The van der Waals surface area contributed by atoms with E-state index in [1.54, 1.807) is 85.6 Å². The topological polar surface area (TPSA) is 192 Å². The average molecular weight is 773 g/mol. The molecule has 0 fully saturated rings. The minimum atomic E-state index is -0.462. The Morgan fingerprint density at radius 2 is 1.02 bits per heavy atom. The number of aromatic nitrogens is 3. The number of pyridine rings is 3. The monoisotopic (exact) mass is 771 g/mol. The number of nitrogens with zero attached hydrogens (tertiary/aromatic N) is 5. The maximum absolute atomic E-state index is 10.4. The maximum atomic E-state index is 10.4. The van der Waals surface area contributed by atoms with E-state index in [4.69, 9.17) is 26.8 Å². The predicted molar refractivity (Wildman–Crippen MR) is 181 cm³/mol. The molecule has 0 atom stereocenters. The summed E-state index contributed by atoms with van der Waals surface area (Å²) in [6.07, 6.45) is 9.44. The first kappa shape index (κ1) is 45.6. The molecule has 257 valence electrons. The second-order valence-electron chi connectivity index (χ2n) is 8.82. The average Bonchev–Trinajstić information content (AvgIpc) is 3.08. The Bertz CT molecular complexity index is 1800. The van der Waals surface area contributed by atoms with Gasteiger partial charge in [-0.05, 0) is 78.9 Å². The molecule has 0 saturated heterocycles. The van der Waals surface area contributed by atoms with Gasteiger partial charge in [-0.25, -0.2) is 0 Å². The van der Waals surface area contributed by atoms with Gasteiger partial charge in [-0.15, -0.1) is 0 Å². The summed E-state index contributed by atoms with van der Waals surface area (Å²) in [4.78, 5) is 31.0. The van der Waals surface area contributed by atoms with Crippen LogP contribution in [0, 0.1) is 20.2 Å². The van der Waals surface area contributed by atoms with E-state index in [0.29, 0.717) is 16.5 Å². The van der Waals surface area contributed by atoms with Crippen LogP contribution in [-0.4, -0.2) is 24.8 Å². The third-order valence-electron chi connectivity index (χ3n) is 5.36. The van der Waals surface area contributed by atoms with Crippen molar-refractivity contribution in [2.75, 3.05) is 5.73 Å². The Morgan fingerprint density at radius 3 is 1.44 bits per heavy atom. The Kier molecular flexibility index (Phi) is 23.2. The number of anilines is 1. The van der Waals surface area contributed by atoms with Crippen LogP contribution in [-0.2, 0) is 17.1 Å². The quantitative estimate of drug-likeness (QED) is 0.100. The fourth-order valence-corrected chi connectivity index (χ4v) is 3.29. The molecule has 50 heavy (non-hydrogen) atoms. The van der Waals surface area contributed by atoms with Crippen LogP contribution in [0.1, 0.15) is 7.43 Å². The zero-order chi connectivity index (χ0) is 33.9. The zero-order valence-corrected chi connectivity index (χ0v) is 30.5. The SMILES string of the molecule is C.Nc1ccc(Oc2ccncc2)cc1.O=[N+]([O-])c1ccc(Cl)cc1.O=[N+]([O-])c1ccc(Oc2cccnc2)cc1.[Cu].[K+].[O-]c1cccnc1. The summed E-state index contributed by atoms with van der Waals surface area (Å²) < 4.78 is 11.0. The Balaban J connectivity index is 0.000000651. The summed E-state index contributed by atoms with van der Waals surface area (Å²) in [7, 11) is 0. The summed E-state index contributed by atoms with van der Waals surface area (Å²) in [6, 6.07) is 29.0. The number of hydrogen-bond acceptors (Lipinski definition) is 11. The van der Waals surface area contributed by atoms with Crippen molar-refractivity contribution in [2.45, 2.75) is 7.43 Å². The molecule has 2 N–H and O–H groups in total. The largest absolute Gasteiger partial charge is 1.00 e. The van der Waals surface area contributed by atoms with Gasteiger partial charge in [0.25, 0.3) is 11.4 Å². The number of rotatable bonds is 6. The molecule has 3 aromatic carbocycles. The van der Waals surface area contributed by atoms with E-state index in [1.807, 2.05) is 12.1 Å². The van der Waals surface area contributed by atoms with E-state index in [-0.39, 0.29) is 93.0 Å². The van der Waals surface area contributed by atoms with Crippen molar-refractivity contribution in [3.63, 3.8) is 0 Å². The minimum absolute atomic E-state index is 0. The number of nitrogens with two attached hydrogens (primary N) is 1. The van der Waals surface area contributed by atoms with E-state index in [2.05, 4.69) is 15.0 Å². The van der Waals surface area contributed by atoms with Gasteiger partial charge in [0, 0.05) is 83.0 Å².